The van der Waals surface area contributed by atoms with E-state index in [0.29, 0.717) is 24.7 Å². The fraction of sp³-hybridized carbons (Fsp3) is 0.556. The highest BCUT2D eigenvalue weighted by Crippen LogP contribution is 2.27. The number of amides is 1. The Morgan fingerprint density at radius 3 is 2.81 bits per heavy atom. The first-order chi connectivity index (χ1) is 12.6. The van der Waals surface area contributed by atoms with Crippen molar-refractivity contribution in [3.8, 4) is 0 Å². The van der Waals surface area contributed by atoms with Gasteiger partial charge in [-0.2, -0.15) is 5.10 Å². The molecule has 26 heavy (non-hydrogen) atoms. The average Bonchev–Trinajstić information content (AvgIpc) is 3.08. The van der Waals surface area contributed by atoms with E-state index >= 15 is 0 Å². The SMILES string of the molecule is Cc1cc(C(=O)NC2CCC(n3nc4c(cc3=O)COCC4)CC2)no1. The lowest BCUT2D eigenvalue weighted by Gasteiger charge is -2.30. The first-order valence-corrected chi connectivity index (χ1v) is 9.03. The van der Waals surface area contributed by atoms with Crippen LogP contribution in [0, 0.1) is 6.92 Å². The maximum absolute atomic E-state index is 12.4. The average molecular weight is 358 g/mol. The van der Waals surface area contributed by atoms with Crippen molar-refractivity contribution < 1.29 is 14.1 Å². The molecule has 0 aromatic carbocycles. The fourth-order valence-corrected chi connectivity index (χ4v) is 3.69. The van der Waals surface area contributed by atoms with Crippen LogP contribution in [0.15, 0.2) is 21.5 Å². The summed E-state index contributed by atoms with van der Waals surface area (Å²) in [4.78, 5) is 24.6. The molecule has 2 aromatic heterocycles. The van der Waals surface area contributed by atoms with Crippen molar-refractivity contribution in [3.05, 3.63) is 45.2 Å². The van der Waals surface area contributed by atoms with Gasteiger partial charge in [0.1, 0.15) is 5.76 Å². The molecule has 1 aliphatic heterocycles. The first kappa shape index (κ1) is 17.0. The summed E-state index contributed by atoms with van der Waals surface area (Å²) in [5.74, 6) is 0.400. The number of rotatable bonds is 3. The van der Waals surface area contributed by atoms with E-state index in [1.807, 2.05) is 0 Å². The van der Waals surface area contributed by atoms with Gasteiger partial charge in [0, 0.05) is 30.2 Å². The van der Waals surface area contributed by atoms with Crippen molar-refractivity contribution >= 4 is 5.91 Å². The number of fused-ring (bicyclic) bond motifs is 1. The van der Waals surface area contributed by atoms with E-state index in [-0.39, 0.29) is 23.6 Å². The van der Waals surface area contributed by atoms with Gasteiger partial charge in [0.2, 0.25) is 0 Å². The Bertz CT molecular complexity index is 864. The van der Waals surface area contributed by atoms with Gasteiger partial charge in [0.15, 0.2) is 5.69 Å². The number of ether oxygens (including phenoxy) is 1. The Morgan fingerprint density at radius 1 is 1.27 bits per heavy atom. The molecule has 8 nitrogen and oxygen atoms in total. The third kappa shape index (κ3) is 3.41. The van der Waals surface area contributed by atoms with E-state index in [9.17, 15) is 9.59 Å². The summed E-state index contributed by atoms with van der Waals surface area (Å²) >= 11 is 0. The van der Waals surface area contributed by atoms with Crippen LogP contribution in [0.25, 0.3) is 0 Å². The van der Waals surface area contributed by atoms with Crippen LogP contribution >= 0.6 is 0 Å². The molecule has 0 unspecified atom stereocenters. The maximum Gasteiger partial charge on any atom is 0.273 e. The minimum absolute atomic E-state index is 0.0696. The molecule has 0 bridgehead atoms. The number of hydrogen-bond acceptors (Lipinski definition) is 6. The number of aromatic nitrogens is 3. The highest BCUT2D eigenvalue weighted by atomic mass is 16.5. The second-order valence-corrected chi connectivity index (χ2v) is 7.00. The van der Waals surface area contributed by atoms with E-state index in [2.05, 4.69) is 15.6 Å². The lowest BCUT2D eigenvalue weighted by atomic mass is 9.91. The summed E-state index contributed by atoms with van der Waals surface area (Å²) < 4.78 is 12.0. The Balaban J connectivity index is 1.39. The van der Waals surface area contributed by atoms with Gasteiger partial charge in [-0.15, -0.1) is 0 Å². The van der Waals surface area contributed by atoms with Crippen LogP contribution in [0.5, 0.6) is 0 Å². The smallest absolute Gasteiger partial charge is 0.273 e. The van der Waals surface area contributed by atoms with Gasteiger partial charge in [-0.3, -0.25) is 9.59 Å². The van der Waals surface area contributed by atoms with E-state index in [1.165, 1.54) is 0 Å². The van der Waals surface area contributed by atoms with Crippen molar-refractivity contribution in [1.82, 2.24) is 20.3 Å². The highest BCUT2D eigenvalue weighted by Gasteiger charge is 2.26. The number of nitrogens with zero attached hydrogens (tertiary/aromatic N) is 3. The van der Waals surface area contributed by atoms with E-state index in [0.717, 1.165) is 43.4 Å². The van der Waals surface area contributed by atoms with Gasteiger partial charge in [0.25, 0.3) is 11.5 Å². The van der Waals surface area contributed by atoms with E-state index in [1.54, 1.807) is 23.7 Å². The van der Waals surface area contributed by atoms with Crippen LogP contribution in [-0.4, -0.2) is 33.5 Å². The van der Waals surface area contributed by atoms with Gasteiger partial charge in [-0.05, 0) is 32.6 Å². The van der Waals surface area contributed by atoms with Gasteiger partial charge < -0.3 is 14.6 Å². The van der Waals surface area contributed by atoms with E-state index in [4.69, 9.17) is 9.26 Å². The van der Waals surface area contributed by atoms with Crippen LogP contribution in [0.1, 0.15) is 59.2 Å². The molecule has 1 aliphatic carbocycles. The van der Waals surface area contributed by atoms with Crippen LogP contribution < -0.4 is 10.9 Å². The molecular weight excluding hydrogens is 336 g/mol. The Kier molecular flexibility index (Phi) is 4.58. The maximum atomic E-state index is 12.4. The molecule has 1 saturated carbocycles. The molecule has 1 fully saturated rings. The normalized spacial score (nSPS) is 22.7. The number of carbonyl (C=O) groups excluding carboxylic acids is 1. The lowest BCUT2D eigenvalue weighted by Crippen LogP contribution is -2.40. The summed E-state index contributed by atoms with van der Waals surface area (Å²) in [6, 6.07) is 3.44. The predicted octanol–water partition coefficient (Wildman–Crippen LogP) is 1.53. The Morgan fingerprint density at radius 2 is 2.08 bits per heavy atom. The van der Waals surface area contributed by atoms with Crippen molar-refractivity contribution in [2.45, 2.75) is 57.7 Å². The molecule has 1 N–H and O–H groups in total. The zero-order valence-electron chi connectivity index (χ0n) is 14.7. The number of carbonyl (C=O) groups is 1. The fourth-order valence-electron chi connectivity index (χ4n) is 3.69. The quantitative estimate of drug-likeness (QED) is 0.893. The van der Waals surface area contributed by atoms with Gasteiger partial charge in [-0.1, -0.05) is 5.16 Å². The number of nitrogens with one attached hydrogen (secondary N) is 1. The van der Waals surface area contributed by atoms with Crippen LogP contribution in [0.3, 0.4) is 0 Å². The lowest BCUT2D eigenvalue weighted by molar-refractivity contribution is 0.0911. The van der Waals surface area contributed by atoms with Gasteiger partial charge in [0.05, 0.1) is 24.9 Å². The minimum atomic E-state index is -0.214. The minimum Gasteiger partial charge on any atom is -0.376 e. The monoisotopic (exact) mass is 358 g/mol. The van der Waals surface area contributed by atoms with Crippen molar-refractivity contribution in [2.24, 2.45) is 0 Å². The van der Waals surface area contributed by atoms with Crippen LogP contribution in [-0.2, 0) is 17.8 Å². The first-order valence-electron chi connectivity index (χ1n) is 9.03. The molecule has 2 aromatic rings. The third-order valence-electron chi connectivity index (χ3n) is 5.10. The predicted molar refractivity (Wildman–Crippen MR) is 91.9 cm³/mol. The van der Waals surface area contributed by atoms with E-state index < -0.39 is 0 Å². The summed E-state index contributed by atoms with van der Waals surface area (Å²) in [6.07, 6.45) is 3.98. The number of aryl methyl sites for hydroxylation is 1. The molecule has 0 radical (unpaired) electrons. The Labute approximate surface area is 150 Å². The second kappa shape index (κ2) is 7.03. The molecule has 0 atom stereocenters. The zero-order chi connectivity index (χ0) is 18.1. The van der Waals surface area contributed by atoms with Crippen LogP contribution in [0.2, 0.25) is 0 Å². The highest BCUT2D eigenvalue weighted by molar-refractivity contribution is 5.92. The number of hydrogen-bond donors (Lipinski definition) is 1. The third-order valence-corrected chi connectivity index (χ3v) is 5.10. The molecule has 2 aliphatic rings. The van der Waals surface area contributed by atoms with Gasteiger partial charge >= 0.3 is 0 Å². The van der Waals surface area contributed by atoms with Crippen LogP contribution in [0.4, 0.5) is 0 Å². The molecule has 8 heteroatoms. The van der Waals surface area contributed by atoms with Crippen molar-refractivity contribution in [2.75, 3.05) is 6.61 Å². The molecule has 4 rings (SSSR count). The standard InChI is InChI=1S/C18H22N4O4/c1-11-8-16(21-26-11)18(24)19-13-2-4-14(5-3-13)22-17(23)9-12-10-25-7-6-15(12)20-22/h8-9,13-14H,2-7,10H2,1H3,(H,19,24). The summed E-state index contributed by atoms with van der Waals surface area (Å²) in [6.45, 7) is 2.88. The topological polar surface area (TPSA) is 99.2 Å². The molecule has 1 amide bonds. The summed E-state index contributed by atoms with van der Waals surface area (Å²) in [5, 5.41) is 11.3. The van der Waals surface area contributed by atoms with Gasteiger partial charge in [-0.25, -0.2) is 4.68 Å². The van der Waals surface area contributed by atoms with Crippen molar-refractivity contribution in [1.29, 1.82) is 0 Å². The molecule has 138 valence electrons. The Hall–Kier alpha value is -2.48. The molecule has 0 saturated heterocycles. The van der Waals surface area contributed by atoms with Crippen molar-refractivity contribution in [3.63, 3.8) is 0 Å². The summed E-state index contributed by atoms with van der Waals surface area (Å²) in [5.41, 5.74) is 2.10. The second-order valence-electron chi connectivity index (χ2n) is 7.00. The molecular formula is C18H22N4O4. The molecule has 0 spiro atoms. The summed E-state index contributed by atoms with van der Waals surface area (Å²) in [7, 11) is 0. The molecule has 3 heterocycles. The largest absolute Gasteiger partial charge is 0.376 e. The zero-order valence-corrected chi connectivity index (χ0v) is 14.7.